The highest BCUT2D eigenvalue weighted by Crippen LogP contribution is 2.36. The smallest absolute Gasteiger partial charge is 0.0194 e. The lowest BCUT2D eigenvalue weighted by molar-refractivity contribution is 0.574. The largest absolute Gasteiger partial charge is 0.0988 e. The van der Waals surface area contributed by atoms with Crippen LogP contribution in [0, 0.1) is 11.8 Å². The third kappa shape index (κ3) is 2.02. The Morgan fingerprint density at radius 2 is 2.30 bits per heavy atom. The van der Waals surface area contributed by atoms with Crippen LogP contribution in [-0.2, 0) is 0 Å². The molecular weight excluding hydrogens is 120 g/mol. The van der Waals surface area contributed by atoms with E-state index in [4.69, 9.17) is 0 Å². The van der Waals surface area contributed by atoms with Gasteiger partial charge >= 0.3 is 0 Å². The fourth-order valence-electron chi connectivity index (χ4n) is 1.21. The summed E-state index contributed by atoms with van der Waals surface area (Å²) in [6.07, 6.45) is 6.08. The van der Waals surface area contributed by atoms with Crippen molar-refractivity contribution in [3.8, 4) is 0 Å². The van der Waals surface area contributed by atoms with Crippen molar-refractivity contribution in [1.82, 2.24) is 0 Å². The van der Waals surface area contributed by atoms with Gasteiger partial charge in [0.25, 0.3) is 0 Å². The molecule has 0 aromatic rings. The number of hydrogen-bond donors (Lipinski definition) is 0. The van der Waals surface area contributed by atoms with Gasteiger partial charge in [0.15, 0.2) is 0 Å². The molecule has 0 heteroatoms. The molecule has 10 heavy (non-hydrogen) atoms. The molecule has 0 nitrogen and oxygen atoms in total. The molecule has 0 aromatic heterocycles. The molecule has 1 saturated carbocycles. The zero-order valence-corrected chi connectivity index (χ0v) is 6.77. The summed E-state index contributed by atoms with van der Waals surface area (Å²) in [5.74, 6) is 1.66. The first-order valence-corrected chi connectivity index (χ1v) is 4.05. The van der Waals surface area contributed by atoms with E-state index in [1.54, 1.807) is 0 Å². The normalized spacial score (nSPS) is 20.1. The number of rotatable bonds is 4. The molecule has 1 rings (SSSR count). The summed E-state index contributed by atoms with van der Waals surface area (Å²) >= 11 is 0. The Balaban J connectivity index is 2.24. The second kappa shape index (κ2) is 3.05. The molecule has 56 valence electrons. The van der Waals surface area contributed by atoms with Crippen LogP contribution in [0.1, 0.15) is 26.2 Å². The van der Waals surface area contributed by atoms with Gasteiger partial charge in [-0.05, 0) is 18.3 Å². The van der Waals surface area contributed by atoms with Crippen LogP contribution >= 0.6 is 0 Å². The van der Waals surface area contributed by atoms with Crippen molar-refractivity contribution < 1.29 is 0 Å². The highest BCUT2D eigenvalue weighted by Gasteiger charge is 2.23. The van der Waals surface area contributed by atoms with Gasteiger partial charge in [-0.25, -0.2) is 0 Å². The Bertz CT molecular complexity index is 140. The lowest BCUT2D eigenvalue weighted by atomic mass is 9.97. The van der Waals surface area contributed by atoms with Crippen molar-refractivity contribution in [2.75, 3.05) is 0 Å². The summed E-state index contributed by atoms with van der Waals surface area (Å²) in [5.41, 5.74) is 1.20. The topological polar surface area (TPSA) is 0 Å². The zero-order chi connectivity index (χ0) is 7.56. The van der Waals surface area contributed by atoms with E-state index in [2.05, 4.69) is 20.1 Å². The van der Waals surface area contributed by atoms with Crippen LogP contribution in [0.4, 0.5) is 0 Å². The third-order valence-electron chi connectivity index (χ3n) is 2.28. The van der Waals surface area contributed by atoms with E-state index in [0.717, 1.165) is 5.92 Å². The van der Waals surface area contributed by atoms with Crippen LogP contribution in [0.25, 0.3) is 0 Å². The predicted octanol–water partition coefficient (Wildman–Crippen LogP) is 3.16. The Hall–Kier alpha value is -0.520. The Morgan fingerprint density at radius 3 is 2.70 bits per heavy atom. The molecule has 0 aliphatic heterocycles. The number of allylic oxidation sites excluding steroid dienone is 2. The van der Waals surface area contributed by atoms with Gasteiger partial charge in [-0.3, -0.25) is 0 Å². The van der Waals surface area contributed by atoms with Crippen molar-refractivity contribution >= 4 is 0 Å². The molecule has 0 N–H and O–H groups in total. The average molecular weight is 136 g/mol. The van der Waals surface area contributed by atoms with Gasteiger partial charge in [-0.2, -0.15) is 0 Å². The molecule has 0 spiro atoms. The van der Waals surface area contributed by atoms with E-state index in [-0.39, 0.29) is 0 Å². The van der Waals surface area contributed by atoms with Crippen LogP contribution in [0.5, 0.6) is 0 Å². The summed E-state index contributed by atoms with van der Waals surface area (Å²) in [6.45, 7) is 9.88. The van der Waals surface area contributed by atoms with Gasteiger partial charge in [-0.1, -0.05) is 44.6 Å². The van der Waals surface area contributed by atoms with Crippen LogP contribution in [-0.4, -0.2) is 0 Å². The first kappa shape index (κ1) is 7.59. The molecule has 0 bridgehead atoms. The quantitative estimate of drug-likeness (QED) is 0.521. The minimum atomic E-state index is 0.657. The van der Waals surface area contributed by atoms with Crippen molar-refractivity contribution in [3.05, 3.63) is 24.8 Å². The average Bonchev–Trinajstić information content (AvgIpc) is 2.70. The van der Waals surface area contributed by atoms with E-state index in [0.29, 0.717) is 5.92 Å². The first-order valence-electron chi connectivity index (χ1n) is 4.05. The molecule has 1 fully saturated rings. The lowest BCUT2D eigenvalue weighted by Gasteiger charge is -2.09. The highest BCUT2D eigenvalue weighted by molar-refractivity contribution is 5.14. The second-order valence-electron chi connectivity index (χ2n) is 3.36. The lowest BCUT2D eigenvalue weighted by Crippen LogP contribution is -1.96. The molecule has 1 aliphatic carbocycles. The third-order valence-corrected chi connectivity index (χ3v) is 2.28. The van der Waals surface area contributed by atoms with Gasteiger partial charge in [0.05, 0.1) is 0 Å². The van der Waals surface area contributed by atoms with Gasteiger partial charge < -0.3 is 0 Å². The van der Waals surface area contributed by atoms with Crippen molar-refractivity contribution in [1.29, 1.82) is 0 Å². The Labute approximate surface area is 63.6 Å². The standard InChI is InChI=1S/C10H16/c1-4-8(2)9(3)7-10-5-6-10/h4,9-10H,1-2,5-7H2,3H3. The Morgan fingerprint density at radius 1 is 1.70 bits per heavy atom. The molecular formula is C10H16. The van der Waals surface area contributed by atoms with Gasteiger partial charge in [0.2, 0.25) is 0 Å². The Kier molecular flexibility index (Phi) is 2.31. The maximum Gasteiger partial charge on any atom is -0.0194 e. The molecule has 0 heterocycles. The SMILES string of the molecule is C=CC(=C)C(C)CC1CC1. The van der Waals surface area contributed by atoms with Crippen LogP contribution in [0.2, 0.25) is 0 Å². The van der Waals surface area contributed by atoms with Crippen LogP contribution < -0.4 is 0 Å². The summed E-state index contributed by atoms with van der Waals surface area (Å²) in [5, 5.41) is 0. The molecule has 1 unspecified atom stereocenters. The van der Waals surface area contributed by atoms with Crippen molar-refractivity contribution in [3.63, 3.8) is 0 Å². The van der Waals surface area contributed by atoms with E-state index < -0.39 is 0 Å². The molecule has 0 saturated heterocycles. The van der Waals surface area contributed by atoms with Gasteiger partial charge in [-0.15, -0.1) is 0 Å². The van der Waals surface area contributed by atoms with E-state index >= 15 is 0 Å². The van der Waals surface area contributed by atoms with E-state index in [1.807, 2.05) is 6.08 Å². The molecule has 1 aliphatic rings. The number of hydrogen-bond acceptors (Lipinski definition) is 0. The minimum Gasteiger partial charge on any atom is -0.0988 e. The van der Waals surface area contributed by atoms with Crippen LogP contribution in [0.15, 0.2) is 24.8 Å². The minimum absolute atomic E-state index is 0.657. The predicted molar refractivity (Wildman–Crippen MR) is 45.8 cm³/mol. The maximum atomic E-state index is 3.94. The van der Waals surface area contributed by atoms with Gasteiger partial charge in [0.1, 0.15) is 0 Å². The summed E-state index contributed by atoms with van der Waals surface area (Å²) in [4.78, 5) is 0. The first-order chi connectivity index (χ1) is 4.74. The highest BCUT2D eigenvalue weighted by atomic mass is 14.3. The molecule has 0 aromatic carbocycles. The summed E-state index contributed by atoms with van der Waals surface area (Å²) in [7, 11) is 0. The van der Waals surface area contributed by atoms with Crippen LogP contribution in [0.3, 0.4) is 0 Å². The van der Waals surface area contributed by atoms with E-state index in [9.17, 15) is 0 Å². The fourth-order valence-corrected chi connectivity index (χ4v) is 1.21. The summed E-state index contributed by atoms with van der Waals surface area (Å²) in [6, 6.07) is 0. The molecule has 0 amide bonds. The second-order valence-corrected chi connectivity index (χ2v) is 3.36. The molecule has 0 radical (unpaired) electrons. The van der Waals surface area contributed by atoms with Crippen molar-refractivity contribution in [2.45, 2.75) is 26.2 Å². The van der Waals surface area contributed by atoms with Gasteiger partial charge in [0, 0.05) is 0 Å². The molecule has 1 atom stereocenters. The monoisotopic (exact) mass is 136 g/mol. The fraction of sp³-hybridized carbons (Fsp3) is 0.600. The maximum absolute atomic E-state index is 3.94. The van der Waals surface area contributed by atoms with E-state index in [1.165, 1.54) is 24.8 Å². The summed E-state index contributed by atoms with van der Waals surface area (Å²) < 4.78 is 0. The zero-order valence-electron chi connectivity index (χ0n) is 6.77. The van der Waals surface area contributed by atoms with Crippen molar-refractivity contribution in [2.24, 2.45) is 11.8 Å².